The summed E-state index contributed by atoms with van der Waals surface area (Å²) in [6, 6.07) is 2.15. The van der Waals surface area contributed by atoms with Crippen LogP contribution in [0.4, 0.5) is 0 Å². The molecule has 1 aliphatic rings. The molecule has 6 nitrogen and oxygen atoms in total. The molecule has 1 aromatic rings. The Balaban J connectivity index is 1.88. The van der Waals surface area contributed by atoms with Gasteiger partial charge in [0.2, 0.25) is 5.91 Å². The monoisotopic (exact) mass is 252 g/mol. The first-order chi connectivity index (χ1) is 8.79. The Morgan fingerprint density at radius 2 is 2.50 bits per heavy atom. The molecule has 1 atom stereocenters. The van der Waals surface area contributed by atoms with Crippen molar-refractivity contribution in [1.29, 1.82) is 0 Å². The number of amides is 1. The maximum atomic E-state index is 12.1. The summed E-state index contributed by atoms with van der Waals surface area (Å²) in [5.41, 5.74) is 0. The highest BCUT2D eigenvalue weighted by Crippen LogP contribution is 2.07. The highest BCUT2D eigenvalue weighted by Gasteiger charge is 2.21. The summed E-state index contributed by atoms with van der Waals surface area (Å²) in [6.45, 7) is 2.31. The highest BCUT2D eigenvalue weighted by molar-refractivity contribution is 5.75. The average molecular weight is 252 g/mol. The van der Waals surface area contributed by atoms with Crippen LogP contribution >= 0.6 is 0 Å². The van der Waals surface area contributed by atoms with E-state index in [2.05, 4.69) is 10.4 Å². The van der Waals surface area contributed by atoms with Crippen LogP contribution in [-0.2, 0) is 11.3 Å². The lowest BCUT2D eigenvalue weighted by Gasteiger charge is -2.25. The number of rotatable bonds is 6. The van der Waals surface area contributed by atoms with Crippen LogP contribution < -0.4 is 5.32 Å². The molecule has 0 radical (unpaired) electrons. The Hall–Kier alpha value is -1.40. The number of carbonyl (C=O) groups is 1. The van der Waals surface area contributed by atoms with Crippen molar-refractivity contribution in [3.63, 3.8) is 0 Å². The fourth-order valence-corrected chi connectivity index (χ4v) is 2.25. The van der Waals surface area contributed by atoms with Crippen LogP contribution in [0, 0.1) is 0 Å². The van der Waals surface area contributed by atoms with Gasteiger partial charge < -0.3 is 15.3 Å². The van der Waals surface area contributed by atoms with E-state index in [1.54, 1.807) is 28.0 Å². The third-order valence-electron chi connectivity index (χ3n) is 3.18. The lowest BCUT2D eigenvalue weighted by Crippen LogP contribution is -2.43. The van der Waals surface area contributed by atoms with E-state index in [1.165, 1.54) is 0 Å². The number of aromatic nitrogens is 2. The third-order valence-corrected chi connectivity index (χ3v) is 3.18. The predicted molar refractivity (Wildman–Crippen MR) is 66.9 cm³/mol. The Morgan fingerprint density at radius 3 is 3.11 bits per heavy atom. The Bertz CT molecular complexity index is 360. The molecule has 100 valence electrons. The second-order valence-corrected chi connectivity index (χ2v) is 4.56. The molecule has 6 heteroatoms. The van der Waals surface area contributed by atoms with E-state index in [0.29, 0.717) is 19.1 Å². The van der Waals surface area contributed by atoms with Gasteiger partial charge in [-0.15, -0.1) is 0 Å². The summed E-state index contributed by atoms with van der Waals surface area (Å²) in [7, 11) is 0. The second-order valence-electron chi connectivity index (χ2n) is 4.56. The lowest BCUT2D eigenvalue weighted by atomic mass is 10.2. The van der Waals surface area contributed by atoms with Gasteiger partial charge in [-0.05, 0) is 25.5 Å². The Labute approximate surface area is 107 Å². The number of nitrogens with zero attached hydrogens (tertiary/aromatic N) is 3. The maximum Gasteiger partial charge on any atom is 0.244 e. The molecule has 2 N–H and O–H groups in total. The van der Waals surface area contributed by atoms with Crippen molar-refractivity contribution in [3.05, 3.63) is 18.5 Å². The predicted octanol–water partition coefficient (Wildman–Crippen LogP) is -0.544. The van der Waals surface area contributed by atoms with Crippen LogP contribution in [0.25, 0.3) is 0 Å². The maximum absolute atomic E-state index is 12.1. The van der Waals surface area contributed by atoms with E-state index in [9.17, 15) is 4.79 Å². The SMILES string of the molecule is O=C(Cn1cccn1)N(CCO)CC1CCCN1. The molecule has 1 aliphatic heterocycles. The molecule has 1 amide bonds. The van der Waals surface area contributed by atoms with Crippen molar-refractivity contribution in [1.82, 2.24) is 20.0 Å². The van der Waals surface area contributed by atoms with Crippen molar-refractivity contribution in [3.8, 4) is 0 Å². The van der Waals surface area contributed by atoms with Crippen LogP contribution in [0.15, 0.2) is 18.5 Å². The molecule has 0 spiro atoms. The Morgan fingerprint density at radius 1 is 1.61 bits per heavy atom. The Kier molecular flexibility index (Phi) is 4.72. The van der Waals surface area contributed by atoms with Gasteiger partial charge in [-0.2, -0.15) is 5.10 Å². The van der Waals surface area contributed by atoms with E-state index in [0.717, 1.165) is 19.4 Å². The van der Waals surface area contributed by atoms with Crippen molar-refractivity contribution < 1.29 is 9.90 Å². The zero-order valence-electron chi connectivity index (χ0n) is 10.5. The molecular weight excluding hydrogens is 232 g/mol. The normalized spacial score (nSPS) is 19.1. The standard InChI is InChI=1S/C12H20N4O2/c17-8-7-15(9-11-3-1-4-13-11)12(18)10-16-6-2-5-14-16/h2,5-6,11,13,17H,1,3-4,7-10H2. The number of carbonyl (C=O) groups excluding carboxylic acids is 1. The van der Waals surface area contributed by atoms with Crippen LogP contribution in [0.3, 0.4) is 0 Å². The van der Waals surface area contributed by atoms with E-state index in [4.69, 9.17) is 5.11 Å². The molecule has 1 aromatic heterocycles. The number of aliphatic hydroxyl groups is 1. The molecule has 0 aliphatic carbocycles. The molecule has 1 saturated heterocycles. The van der Waals surface area contributed by atoms with Crippen LogP contribution in [0.5, 0.6) is 0 Å². The first-order valence-electron chi connectivity index (χ1n) is 6.39. The van der Waals surface area contributed by atoms with Gasteiger partial charge in [0.1, 0.15) is 6.54 Å². The van der Waals surface area contributed by atoms with Gasteiger partial charge in [-0.3, -0.25) is 9.48 Å². The molecule has 0 aromatic carbocycles. The van der Waals surface area contributed by atoms with Crippen molar-refractivity contribution >= 4 is 5.91 Å². The van der Waals surface area contributed by atoms with Gasteiger partial charge in [-0.25, -0.2) is 0 Å². The van der Waals surface area contributed by atoms with Crippen LogP contribution in [0.2, 0.25) is 0 Å². The summed E-state index contributed by atoms with van der Waals surface area (Å²) < 4.78 is 1.61. The quantitative estimate of drug-likeness (QED) is 0.713. The summed E-state index contributed by atoms with van der Waals surface area (Å²) >= 11 is 0. The van der Waals surface area contributed by atoms with Crippen LogP contribution in [0.1, 0.15) is 12.8 Å². The first-order valence-corrected chi connectivity index (χ1v) is 6.39. The fourth-order valence-electron chi connectivity index (χ4n) is 2.25. The minimum atomic E-state index is -0.00241. The van der Waals surface area contributed by atoms with Gasteiger partial charge in [0, 0.05) is 31.5 Å². The summed E-state index contributed by atoms with van der Waals surface area (Å²) in [4.78, 5) is 13.8. The minimum Gasteiger partial charge on any atom is -0.395 e. The number of hydrogen-bond acceptors (Lipinski definition) is 4. The zero-order chi connectivity index (χ0) is 12.8. The summed E-state index contributed by atoms with van der Waals surface area (Å²) in [5, 5.41) is 16.4. The van der Waals surface area contributed by atoms with Gasteiger partial charge in [0.25, 0.3) is 0 Å². The molecule has 2 rings (SSSR count). The molecule has 1 unspecified atom stereocenters. The number of nitrogens with one attached hydrogen (secondary N) is 1. The minimum absolute atomic E-state index is 0.00134. The molecule has 0 saturated carbocycles. The van der Waals surface area contributed by atoms with E-state index in [-0.39, 0.29) is 19.1 Å². The molecule has 0 bridgehead atoms. The van der Waals surface area contributed by atoms with Gasteiger partial charge in [-0.1, -0.05) is 0 Å². The van der Waals surface area contributed by atoms with Gasteiger partial charge in [0.05, 0.1) is 6.61 Å². The number of hydrogen-bond donors (Lipinski definition) is 2. The molecule has 1 fully saturated rings. The molecular formula is C12H20N4O2. The number of aliphatic hydroxyl groups excluding tert-OH is 1. The van der Waals surface area contributed by atoms with Gasteiger partial charge in [0.15, 0.2) is 0 Å². The third kappa shape index (κ3) is 3.54. The largest absolute Gasteiger partial charge is 0.395 e. The zero-order valence-corrected chi connectivity index (χ0v) is 10.5. The van der Waals surface area contributed by atoms with E-state index in [1.807, 2.05) is 0 Å². The fraction of sp³-hybridized carbons (Fsp3) is 0.667. The van der Waals surface area contributed by atoms with Crippen molar-refractivity contribution in [2.75, 3.05) is 26.2 Å². The summed E-state index contributed by atoms with van der Waals surface area (Å²) in [5.74, 6) is 0.00134. The van der Waals surface area contributed by atoms with Crippen molar-refractivity contribution in [2.45, 2.75) is 25.4 Å². The second kappa shape index (κ2) is 6.51. The average Bonchev–Trinajstić information content (AvgIpc) is 3.01. The molecule has 18 heavy (non-hydrogen) atoms. The van der Waals surface area contributed by atoms with Gasteiger partial charge >= 0.3 is 0 Å². The first kappa shape index (κ1) is 13.0. The van der Waals surface area contributed by atoms with E-state index >= 15 is 0 Å². The topological polar surface area (TPSA) is 70.4 Å². The summed E-state index contributed by atoms with van der Waals surface area (Å²) in [6.07, 6.45) is 5.67. The smallest absolute Gasteiger partial charge is 0.244 e. The van der Waals surface area contributed by atoms with Crippen LogP contribution in [-0.4, -0.2) is 58.0 Å². The highest BCUT2D eigenvalue weighted by atomic mass is 16.3. The lowest BCUT2D eigenvalue weighted by molar-refractivity contribution is -0.132. The van der Waals surface area contributed by atoms with Crippen molar-refractivity contribution in [2.24, 2.45) is 0 Å². The van der Waals surface area contributed by atoms with E-state index < -0.39 is 0 Å². The molecule has 2 heterocycles.